The summed E-state index contributed by atoms with van der Waals surface area (Å²) in [6, 6.07) is -0.900. The number of ether oxygens (including phenoxy) is 4. The van der Waals surface area contributed by atoms with Crippen molar-refractivity contribution in [3.05, 3.63) is 12.2 Å². The van der Waals surface area contributed by atoms with Crippen molar-refractivity contribution < 1.29 is 64.6 Å². The number of aliphatic hydroxyl groups excluding tert-OH is 8. The van der Waals surface area contributed by atoms with Crippen LogP contribution in [0.4, 0.5) is 0 Å². The summed E-state index contributed by atoms with van der Waals surface area (Å²) in [5.74, 6) is -0.269. The van der Waals surface area contributed by atoms with Crippen molar-refractivity contribution in [2.45, 2.75) is 171 Å². The quantitative estimate of drug-likeness (QED) is 0.0518. The van der Waals surface area contributed by atoms with Gasteiger partial charge in [-0.25, -0.2) is 0 Å². The summed E-state index contributed by atoms with van der Waals surface area (Å²) in [7, 11) is 0. The molecule has 0 spiro atoms. The minimum absolute atomic E-state index is 0.268. The molecule has 12 unspecified atom stereocenters. The molecule has 0 aliphatic carbocycles. The molecule has 0 radical (unpaired) electrons. The second-order valence-electron chi connectivity index (χ2n) is 12.7. The number of carbonyl (C=O) groups excluding carboxylic acids is 1. The van der Waals surface area contributed by atoms with Crippen LogP contribution in [0.5, 0.6) is 0 Å². The van der Waals surface area contributed by atoms with Gasteiger partial charge < -0.3 is 65.1 Å². The molecule has 0 aromatic rings. The summed E-state index contributed by atoms with van der Waals surface area (Å²) in [6.07, 6.45) is -0.410. The summed E-state index contributed by atoms with van der Waals surface area (Å²) in [6.45, 7) is 2.51. The van der Waals surface area contributed by atoms with Crippen molar-refractivity contribution in [2.24, 2.45) is 0 Å². The standard InChI is InChI=1S/C33H61NO13/c1-3-5-7-8-9-10-11-12-13-15-16-22(37)21(34-25(38)17-14-6-4-2)20-44-32-30(43)28(41)31(24(19-36)46-32)47-33-29(42)27(40)26(39)23(18-35)45-33/h15-16,21-24,26-33,35-37,39-43H,3-14,17-20H2,1-2H3,(H,34,38)/b16-15+. The Bertz CT molecular complexity index is 862. The molecule has 2 rings (SSSR count). The first-order chi connectivity index (χ1) is 22.6. The lowest BCUT2D eigenvalue weighted by Gasteiger charge is -2.46. The van der Waals surface area contributed by atoms with E-state index >= 15 is 0 Å². The fraction of sp³-hybridized carbons (Fsp3) is 0.909. The van der Waals surface area contributed by atoms with Crippen molar-refractivity contribution in [3.8, 4) is 0 Å². The molecule has 9 N–H and O–H groups in total. The van der Waals surface area contributed by atoms with Crippen LogP contribution in [0, 0.1) is 0 Å². The van der Waals surface area contributed by atoms with Gasteiger partial charge in [-0.1, -0.05) is 83.8 Å². The maximum atomic E-state index is 12.6. The van der Waals surface area contributed by atoms with Crippen LogP contribution in [0.1, 0.15) is 97.3 Å². The van der Waals surface area contributed by atoms with E-state index in [4.69, 9.17) is 18.9 Å². The summed E-state index contributed by atoms with van der Waals surface area (Å²) < 4.78 is 22.3. The first kappa shape index (κ1) is 41.9. The highest BCUT2D eigenvalue weighted by atomic mass is 16.7. The van der Waals surface area contributed by atoms with E-state index < -0.39 is 86.8 Å². The maximum Gasteiger partial charge on any atom is 0.220 e. The van der Waals surface area contributed by atoms with Crippen LogP contribution in [-0.4, -0.2) is 140 Å². The highest BCUT2D eigenvalue weighted by molar-refractivity contribution is 5.76. The number of allylic oxidation sites excluding steroid dienone is 1. The van der Waals surface area contributed by atoms with Gasteiger partial charge in [0.05, 0.1) is 32.0 Å². The molecular formula is C33H61NO13. The molecule has 2 fully saturated rings. The van der Waals surface area contributed by atoms with Gasteiger partial charge in [-0.15, -0.1) is 0 Å². The van der Waals surface area contributed by atoms with E-state index in [1.54, 1.807) is 6.08 Å². The largest absolute Gasteiger partial charge is 0.394 e. The third-order valence-corrected chi connectivity index (χ3v) is 8.72. The Balaban J connectivity index is 1.98. The minimum Gasteiger partial charge on any atom is -0.394 e. The number of amides is 1. The molecule has 2 aliphatic rings. The molecule has 14 heteroatoms. The Morgan fingerprint density at radius 3 is 1.96 bits per heavy atom. The zero-order valence-corrected chi connectivity index (χ0v) is 28.0. The van der Waals surface area contributed by atoms with Crippen molar-refractivity contribution in [3.63, 3.8) is 0 Å². The van der Waals surface area contributed by atoms with Crippen molar-refractivity contribution in [2.75, 3.05) is 19.8 Å². The lowest BCUT2D eigenvalue weighted by Crippen LogP contribution is -2.65. The minimum atomic E-state index is -1.78. The second kappa shape index (κ2) is 23.2. The summed E-state index contributed by atoms with van der Waals surface area (Å²) in [5.41, 5.74) is 0. The molecule has 12 atom stereocenters. The third kappa shape index (κ3) is 13.9. The van der Waals surface area contributed by atoms with Crippen LogP contribution < -0.4 is 5.32 Å². The van der Waals surface area contributed by atoms with Gasteiger partial charge in [0.2, 0.25) is 5.91 Å². The fourth-order valence-corrected chi connectivity index (χ4v) is 5.70. The number of hydrogen-bond acceptors (Lipinski definition) is 13. The Morgan fingerprint density at radius 1 is 0.745 bits per heavy atom. The molecular weight excluding hydrogens is 618 g/mol. The van der Waals surface area contributed by atoms with E-state index in [1.807, 2.05) is 13.0 Å². The summed E-state index contributed by atoms with van der Waals surface area (Å²) >= 11 is 0. The smallest absolute Gasteiger partial charge is 0.220 e. The van der Waals surface area contributed by atoms with Gasteiger partial charge in [-0.2, -0.15) is 0 Å². The van der Waals surface area contributed by atoms with Crippen LogP contribution in [-0.2, 0) is 23.7 Å². The number of hydrogen-bond donors (Lipinski definition) is 9. The number of aliphatic hydroxyl groups is 8. The Morgan fingerprint density at radius 2 is 1.32 bits per heavy atom. The topological polar surface area (TPSA) is 228 Å². The van der Waals surface area contributed by atoms with Crippen LogP contribution in [0.2, 0.25) is 0 Å². The normalized spacial score (nSPS) is 32.8. The van der Waals surface area contributed by atoms with Gasteiger partial charge in [-0.3, -0.25) is 4.79 Å². The Hall–Kier alpha value is -1.27. The highest BCUT2D eigenvalue weighted by Gasteiger charge is 2.50. The molecule has 0 aromatic heterocycles. The molecule has 0 saturated carbocycles. The summed E-state index contributed by atoms with van der Waals surface area (Å²) in [4.78, 5) is 12.6. The number of carbonyl (C=O) groups is 1. The molecule has 47 heavy (non-hydrogen) atoms. The van der Waals surface area contributed by atoms with Gasteiger partial charge in [0.15, 0.2) is 12.6 Å². The van der Waals surface area contributed by atoms with Gasteiger partial charge in [-0.05, 0) is 19.3 Å². The summed E-state index contributed by atoms with van der Waals surface area (Å²) in [5, 5.41) is 85.3. The third-order valence-electron chi connectivity index (χ3n) is 8.72. The van der Waals surface area contributed by atoms with Gasteiger partial charge >= 0.3 is 0 Å². The van der Waals surface area contributed by atoms with Crippen molar-refractivity contribution >= 4 is 5.91 Å². The lowest BCUT2D eigenvalue weighted by molar-refractivity contribution is -0.359. The maximum absolute atomic E-state index is 12.6. The number of unbranched alkanes of at least 4 members (excludes halogenated alkanes) is 10. The lowest BCUT2D eigenvalue weighted by atomic mass is 9.97. The molecule has 2 saturated heterocycles. The fourth-order valence-electron chi connectivity index (χ4n) is 5.70. The molecule has 14 nitrogen and oxygen atoms in total. The van der Waals surface area contributed by atoms with Crippen molar-refractivity contribution in [1.29, 1.82) is 0 Å². The van der Waals surface area contributed by atoms with E-state index in [9.17, 15) is 45.6 Å². The van der Waals surface area contributed by atoms with Crippen LogP contribution in [0.3, 0.4) is 0 Å². The first-order valence-electron chi connectivity index (χ1n) is 17.4. The predicted octanol–water partition coefficient (Wildman–Crippen LogP) is 0.140. The van der Waals surface area contributed by atoms with E-state index in [0.29, 0.717) is 6.42 Å². The molecule has 0 aromatic carbocycles. The monoisotopic (exact) mass is 679 g/mol. The molecule has 0 bridgehead atoms. The highest BCUT2D eigenvalue weighted by Crippen LogP contribution is 2.29. The van der Waals surface area contributed by atoms with E-state index in [2.05, 4.69) is 12.2 Å². The molecule has 2 heterocycles. The van der Waals surface area contributed by atoms with Gasteiger partial charge in [0.25, 0.3) is 0 Å². The predicted molar refractivity (Wildman–Crippen MR) is 171 cm³/mol. The van der Waals surface area contributed by atoms with Crippen LogP contribution in [0.15, 0.2) is 12.2 Å². The van der Waals surface area contributed by atoms with Crippen LogP contribution in [0.25, 0.3) is 0 Å². The zero-order valence-electron chi connectivity index (χ0n) is 28.0. The van der Waals surface area contributed by atoms with Gasteiger partial charge in [0.1, 0.15) is 48.8 Å². The van der Waals surface area contributed by atoms with E-state index in [1.165, 1.54) is 38.5 Å². The van der Waals surface area contributed by atoms with E-state index in [-0.39, 0.29) is 18.9 Å². The molecule has 1 amide bonds. The van der Waals surface area contributed by atoms with Crippen molar-refractivity contribution in [1.82, 2.24) is 5.32 Å². The number of rotatable bonds is 23. The average molecular weight is 680 g/mol. The Labute approximate surface area is 278 Å². The molecule has 276 valence electrons. The SMILES string of the molecule is CCCCCCCCCC/C=C/C(O)C(COC1OC(CO)C(OC2OC(CO)C(O)C(O)C2O)C(O)C1O)NC(=O)CCCCC. The first-order valence-corrected chi connectivity index (χ1v) is 17.4. The zero-order chi connectivity index (χ0) is 34.8. The average Bonchev–Trinajstić information content (AvgIpc) is 3.06. The second-order valence-corrected chi connectivity index (χ2v) is 12.7. The van der Waals surface area contributed by atoms with Crippen LogP contribution >= 0.6 is 0 Å². The van der Waals surface area contributed by atoms with E-state index in [0.717, 1.165) is 32.1 Å². The Kier molecular flexibility index (Phi) is 20.7. The number of nitrogens with one attached hydrogen (secondary N) is 1. The molecule has 2 aliphatic heterocycles. The van der Waals surface area contributed by atoms with Gasteiger partial charge in [0, 0.05) is 6.42 Å².